The standard InChI is InChI=1S/C11H20N4O2S2/c1-9-8-18-10(7-12)11(9)19(16,17)13-15-5-3-14(2)4-6-15/h8,13H,3-7,12H2,1-2H3. The molecule has 1 fully saturated rings. The molecule has 1 aliphatic rings. The largest absolute Gasteiger partial charge is 0.326 e. The summed E-state index contributed by atoms with van der Waals surface area (Å²) in [5.41, 5.74) is 6.37. The molecular formula is C11H20N4O2S2. The summed E-state index contributed by atoms with van der Waals surface area (Å²) in [5, 5.41) is 3.59. The maximum Gasteiger partial charge on any atom is 0.254 e. The fourth-order valence-electron chi connectivity index (χ4n) is 2.10. The normalized spacial score (nSPS) is 18.9. The second-order valence-electron chi connectivity index (χ2n) is 4.76. The summed E-state index contributed by atoms with van der Waals surface area (Å²) in [6.45, 7) is 5.14. The van der Waals surface area contributed by atoms with Gasteiger partial charge in [0.1, 0.15) is 4.90 Å². The number of likely N-dealkylation sites (N-methyl/N-ethyl adjacent to an activating group) is 1. The average molecular weight is 304 g/mol. The Balaban J connectivity index is 2.16. The van der Waals surface area contributed by atoms with E-state index in [4.69, 9.17) is 5.73 Å². The second kappa shape index (κ2) is 5.86. The van der Waals surface area contributed by atoms with Crippen LogP contribution < -0.4 is 10.6 Å². The molecule has 1 aliphatic heterocycles. The molecule has 2 rings (SSSR count). The molecule has 0 atom stereocenters. The number of hydrogen-bond acceptors (Lipinski definition) is 6. The zero-order valence-corrected chi connectivity index (χ0v) is 12.9. The Morgan fingerprint density at radius 1 is 1.37 bits per heavy atom. The van der Waals surface area contributed by atoms with E-state index in [1.54, 1.807) is 11.9 Å². The Morgan fingerprint density at radius 3 is 2.58 bits per heavy atom. The maximum atomic E-state index is 12.4. The number of nitrogens with two attached hydrogens (primary N) is 1. The summed E-state index contributed by atoms with van der Waals surface area (Å²) in [7, 11) is -1.49. The van der Waals surface area contributed by atoms with E-state index in [0.717, 1.165) is 18.7 Å². The van der Waals surface area contributed by atoms with Crippen LogP contribution in [0, 0.1) is 6.92 Å². The van der Waals surface area contributed by atoms with Crippen molar-refractivity contribution in [1.82, 2.24) is 14.7 Å². The predicted octanol–water partition coefficient (Wildman–Crippen LogP) is -0.0441. The zero-order valence-electron chi connectivity index (χ0n) is 11.2. The van der Waals surface area contributed by atoms with Gasteiger partial charge in [-0.25, -0.2) is 13.4 Å². The van der Waals surface area contributed by atoms with Crippen molar-refractivity contribution in [3.63, 3.8) is 0 Å². The third kappa shape index (κ3) is 3.33. The third-order valence-corrected chi connectivity index (χ3v) is 6.06. The van der Waals surface area contributed by atoms with Gasteiger partial charge in [0.05, 0.1) is 0 Å². The number of nitrogens with zero attached hydrogens (tertiary/aromatic N) is 2. The van der Waals surface area contributed by atoms with Gasteiger partial charge in [0.15, 0.2) is 0 Å². The summed E-state index contributed by atoms with van der Waals surface area (Å²) < 4.78 is 24.9. The minimum atomic E-state index is -3.52. The van der Waals surface area contributed by atoms with Crippen molar-refractivity contribution < 1.29 is 8.42 Å². The van der Waals surface area contributed by atoms with E-state index < -0.39 is 10.0 Å². The molecule has 19 heavy (non-hydrogen) atoms. The van der Waals surface area contributed by atoms with Crippen LogP contribution in [0.15, 0.2) is 10.3 Å². The van der Waals surface area contributed by atoms with Crippen molar-refractivity contribution in [3.05, 3.63) is 15.8 Å². The van der Waals surface area contributed by atoms with E-state index in [0.29, 0.717) is 22.9 Å². The van der Waals surface area contributed by atoms with E-state index in [2.05, 4.69) is 9.73 Å². The first-order valence-corrected chi connectivity index (χ1v) is 8.53. The summed E-state index contributed by atoms with van der Waals surface area (Å²) in [4.78, 5) is 5.89. The molecule has 0 saturated carbocycles. The Bertz CT molecular complexity index is 533. The van der Waals surface area contributed by atoms with Crippen LogP contribution in [0.3, 0.4) is 0 Å². The van der Waals surface area contributed by atoms with E-state index in [1.165, 1.54) is 11.3 Å². The lowest BCUT2D eigenvalue weighted by atomic mass is 10.3. The molecule has 2 heterocycles. The molecule has 1 aromatic heterocycles. The van der Waals surface area contributed by atoms with Gasteiger partial charge in [-0.1, -0.05) is 0 Å². The first-order chi connectivity index (χ1) is 8.94. The van der Waals surface area contributed by atoms with Crippen molar-refractivity contribution in [2.75, 3.05) is 33.2 Å². The van der Waals surface area contributed by atoms with Crippen molar-refractivity contribution >= 4 is 21.4 Å². The Morgan fingerprint density at radius 2 is 2.00 bits per heavy atom. The molecule has 1 aromatic rings. The molecule has 0 bridgehead atoms. The van der Waals surface area contributed by atoms with Crippen molar-refractivity contribution in [3.8, 4) is 0 Å². The van der Waals surface area contributed by atoms with Crippen molar-refractivity contribution in [2.45, 2.75) is 18.4 Å². The zero-order chi connectivity index (χ0) is 14.0. The van der Waals surface area contributed by atoms with Gasteiger partial charge in [-0.05, 0) is 24.9 Å². The molecule has 108 valence electrons. The number of hydrazine groups is 1. The van der Waals surface area contributed by atoms with Crippen LogP contribution in [0.1, 0.15) is 10.4 Å². The van der Waals surface area contributed by atoms with Gasteiger partial charge in [-0.2, -0.15) is 0 Å². The van der Waals surface area contributed by atoms with Crippen LogP contribution in [-0.4, -0.2) is 51.6 Å². The highest BCUT2D eigenvalue weighted by atomic mass is 32.2. The van der Waals surface area contributed by atoms with Crippen LogP contribution in [0.5, 0.6) is 0 Å². The van der Waals surface area contributed by atoms with Gasteiger partial charge in [0, 0.05) is 37.6 Å². The molecule has 3 N–H and O–H groups in total. The number of thiophene rings is 1. The topological polar surface area (TPSA) is 78.7 Å². The number of rotatable bonds is 4. The van der Waals surface area contributed by atoms with E-state index in [9.17, 15) is 8.42 Å². The first-order valence-electron chi connectivity index (χ1n) is 6.17. The van der Waals surface area contributed by atoms with Crippen LogP contribution in [0.2, 0.25) is 0 Å². The van der Waals surface area contributed by atoms with Gasteiger partial charge >= 0.3 is 0 Å². The van der Waals surface area contributed by atoms with Crippen LogP contribution in [0.25, 0.3) is 0 Å². The molecular weight excluding hydrogens is 284 g/mol. The maximum absolute atomic E-state index is 12.4. The second-order valence-corrected chi connectivity index (χ2v) is 7.32. The molecule has 0 unspecified atom stereocenters. The number of aryl methyl sites for hydroxylation is 1. The number of nitrogens with one attached hydrogen (secondary N) is 1. The quantitative estimate of drug-likeness (QED) is 0.816. The van der Waals surface area contributed by atoms with E-state index >= 15 is 0 Å². The van der Waals surface area contributed by atoms with Crippen LogP contribution in [-0.2, 0) is 16.6 Å². The summed E-state index contributed by atoms with van der Waals surface area (Å²) >= 11 is 1.39. The lowest BCUT2D eigenvalue weighted by molar-refractivity contribution is 0.135. The SMILES string of the molecule is Cc1csc(CN)c1S(=O)(=O)NN1CCN(C)CC1. The molecule has 0 amide bonds. The van der Waals surface area contributed by atoms with Crippen molar-refractivity contribution in [1.29, 1.82) is 0 Å². The lowest BCUT2D eigenvalue weighted by Crippen LogP contribution is -2.52. The smallest absolute Gasteiger partial charge is 0.254 e. The number of piperazine rings is 1. The minimum absolute atomic E-state index is 0.248. The van der Waals surface area contributed by atoms with Gasteiger partial charge in [-0.15, -0.1) is 16.2 Å². The fraction of sp³-hybridized carbons (Fsp3) is 0.636. The molecule has 0 aromatic carbocycles. The van der Waals surface area contributed by atoms with E-state index in [1.807, 2.05) is 12.4 Å². The minimum Gasteiger partial charge on any atom is -0.326 e. The first kappa shape index (κ1) is 14.9. The van der Waals surface area contributed by atoms with Gasteiger partial charge < -0.3 is 10.6 Å². The molecule has 0 radical (unpaired) electrons. The number of sulfonamides is 1. The van der Waals surface area contributed by atoms with Gasteiger partial charge in [0.2, 0.25) is 0 Å². The lowest BCUT2D eigenvalue weighted by Gasteiger charge is -2.32. The summed E-state index contributed by atoms with van der Waals surface area (Å²) in [5.74, 6) is 0. The Hall–Kier alpha value is -0.510. The van der Waals surface area contributed by atoms with Crippen LogP contribution in [0.4, 0.5) is 0 Å². The van der Waals surface area contributed by atoms with E-state index in [-0.39, 0.29) is 6.54 Å². The molecule has 0 aliphatic carbocycles. The third-order valence-electron chi connectivity index (χ3n) is 3.20. The Kier molecular flexibility index (Phi) is 4.59. The average Bonchev–Trinajstić information content (AvgIpc) is 2.74. The predicted molar refractivity (Wildman–Crippen MR) is 76.3 cm³/mol. The highest BCUT2D eigenvalue weighted by Crippen LogP contribution is 2.26. The summed E-state index contributed by atoms with van der Waals surface area (Å²) in [6, 6.07) is 0. The monoisotopic (exact) mass is 304 g/mol. The van der Waals surface area contributed by atoms with Crippen LogP contribution >= 0.6 is 11.3 Å². The summed E-state index contributed by atoms with van der Waals surface area (Å²) in [6.07, 6.45) is 0. The Labute approximate surface area is 118 Å². The molecule has 1 saturated heterocycles. The number of hydrogen-bond donors (Lipinski definition) is 2. The van der Waals surface area contributed by atoms with Gasteiger partial charge in [-0.3, -0.25) is 0 Å². The van der Waals surface area contributed by atoms with Gasteiger partial charge in [0.25, 0.3) is 10.0 Å². The molecule has 0 spiro atoms. The highest BCUT2D eigenvalue weighted by molar-refractivity contribution is 7.89. The highest BCUT2D eigenvalue weighted by Gasteiger charge is 2.26. The fourth-order valence-corrected chi connectivity index (χ4v) is 4.93. The molecule has 6 nitrogen and oxygen atoms in total. The molecule has 8 heteroatoms. The van der Waals surface area contributed by atoms with Crippen molar-refractivity contribution in [2.24, 2.45) is 5.73 Å².